The maximum Gasteiger partial charge on any atom is 0.331 e. The van der Waals surface area contributed by atoms with Gasteiger partial charge in [0.1, 0.15) is 11.5 Å². The van der Waals surface area contributed by atoms with Crippen LogP contribution in [0.3, 0.4) is 0 Å². The van der Waals surface area contributed by atoms with E-state index >= 15 is 0 Å². The van der Waals surface area contributed by atoms with E-state index < -0.39 is 12.1 Å². The molecule has 0 aliphatic heterocycles. The maximum atomic E-state index is 12.1. The lowest BCUT2D eigenvalue weighted by molar-refractivity contribution is -0.143. The zero-order chi connectivity index (χ0) is 19.9. The second kappa shape index (κ2) is 8.85. The number of ether oxygens (including phenoxy) is 3. The van der Waals surface area contributed by atoms with E-state index in [0.29, 0.717) is 17.4 Å². The van der Waals surface area contributed by atoms with E-state index in [2.05, 4.69) is 10.2 Å². The molecule has 1 atom stereocenters. The number of methoxy groups -OCH3 is 2. The summed E-state index contributed by atoms with van der Waals surface area (Å²) in [6, 6.07) is 14.7. The summed E-state index contributed by atoms with van der Waals surface area (Å²) in [4.78, 5) is 12.1. The predicted octanol–water partition coefficient (Wildman–Crippen LogP) is 4.07. The highest BCUT2D eigenvalue weighted by molar-refractivity contribution is 5.87. The van der Waals surface area contributed by atoms with Gasteiger partial charge in [-0.05, 0) is 42.8 Å². The van der Waals surface area contributed by atoms with Crippen molar-refractivity contribution in [1.82, 2.24) is 10.2 Å². The van der Waals surface area contributed by atoms with Crippen LogP contribution in [-0.4, -0.2) is 30.4 Å². The highest BCUT2D eigenvalue weighted by atomic mass is 16.6. The van der Waals surface area contributed by atoms with Crippen LogP contribution in [0.15, 0.2) is 59.0 Å². The average molecular weight is 380 g/mol. The third-order valence-electron chi connectivity index (χ3n) is 3.89. The number of hydrogen-bond donors (Lipinski definition) is 0. The summed E-state index contributed by atoms with van der Waals surface area (Å²) in [7, 11) is 3.12. The first kappa shape index (κ1) is 19.2. The van der Waals surface area contributed by atoms with Crippen LogP contribution < -0.4 is 9.47 Å². The molecule has 0 fully saturated rings. The lowest BCUT2D eigenvalue weighted by atomic mass is 10.2. The van der Waals surface area contributed by atoms with Gasteiger partial charge in [-0.3, -0.25) is 0 Å². The third-order valence-corrected chi connectivity index (χ3v) is 3.89. The van der Waals surface area contributed by atoms with E-state index in [1.54, 1.807) is 45.4 Å². The Hall–Kier alpha value is -3.61. The molecule has 28 heavy (non-hydrogen) atoms. The maximum absolute atomic E-state index is 12.1. The highest BCUT2D eigenvalue weighted by Crippen LogP contribution is 2.24. The van der Waals surface area contributed by atoms with Crippen LogP contribution in [0.1, 0.15) is 24.5 Å². The summed E-state index contributed by atoms with van der Waals surface area (Å²) >= 11 is 0. The van der Waals surface area contributed by atoms with Crippen LogP contribution in [0.25, 0.3) is 17.5 Å². The Bertz CT molecular complexity index is 944. The summed E-state index contributed by atoms with van der Waals surface area (Å²) in [5.74, 6) is 1.31. The highest BCUT2D eigenvalue weighted by Gasteiger charge is 2.18. The van der Waals surface area contributed by atoms with Gasteiger partial charge in [0.2, 0.25) is 5.89 Å². The Labute approximate surface area is 162 Å². The molecule has 0 spiro atoms. The molecular weight excluding hydrogens is 360 g/mol. The molecule has 144 valence electrons. The topological polar surface area (TPSA) is 83.7 Å². The Morgan fingerprint density at radius 3 is 2.36 bits per heavy atom. The van der Waals surface area contributed by atoms with Crippen molar-refractivity contribution in [3.8, 4) is 23.0 Å². The zero-order valence-electron chi connectivity index (χ0n) is 15.8. The van der Waals surface area contributed by atoms with Crippen molar-refractivity contribution in [3.63, 3.8) is 0 Å². The van der Waals surface area contributed by atoms with Crippen molar-refractivity contribution in [2.45, 2.75) is 13.0 Å². The van der Waals surface area contributed by atoms with Crippen LogP contribution in [-0.2, 0) is 9.53 Å². The third kappa shape index (κ3) is 4.76. The number of aromatic nitrogens is 2. The molecule has 3 rings (SSSR count). The Kier molecular flexibility index (Phi) is 6.06. The van der Waals surface area contributed by atoms with Crippen LogP contribution in [0.5, 0.6) is 11.5 Å². The van der Waals surface area contributed by atoms with Gasteiger partial charge in [-0.2, -0.15) is 0 Å². The van der Waals surface area contributed by atoms with Crippen molar-refractivity contribution in [3.05, 3.63) is 66.1 Å². The second-order valence-corrected chi connectivity index (χ2v) is 5.87. The normalized spacial score (nSPS) is 12.0. The Morgan fingerprint density at radius 2 is 1.71 bits per heavy atom. The summed E-state index contributed by atoms with van der Waals surface area (Å²) < 4.78 is 21.4. The quantitative estimate of drug-likeness (QED) is 0.451. The molecule has 1 heterocycles. The van der Waals surface area contributed by atoms with E-state index in [4.69, 9.17) is 18.6 Å². The number of rotatable bonds is 7. The molecule has 2 aromatic carbocycles. The summed E-state index contributed by atoms with van der Waals surface area (Å²) in [6.07, 6.45) is 2.25. The van der Waals surface area contributed by atoms with E-state index in [1.807, 2.05) is 30.3 Å². The van der Waals surface area contributed by atoms with Gasteiger partial charge >= 0.3 is 5.97 Å². The monoisotopic (exact) mass is 380 g/mol. The molecule has 0 radical (unpaired) electrons. The van der Waals surface area contributed by atoms with Crippen molar-refractivity contribution < 1.29 is 23.4 Å². The largest absolute Gasteiger partial charge is 0.497 e. The van der Waals surface area contributed by atoms with Crippen LogP contribution in [0.4, 0.5) is 0 Å². The molecule has 0 saturated heterocycles. The van der Waals surface area contributed by atoms with Crippen molar-refractivity contribution >= 4 is 12.0 Å². The van der Waals surface area contributed by atoms with E-state index in [0.717, 1.165) is 11.1 Å². The molecule has 0 bridgehead atoms. The van der Waals surface area contributed by atoms with Gasteiger partial charge in [0.15, 0.2) is 6.10 Å². The minimum Gasteiger partial charge on any atom is -0.497 e. The number of hydrogen-bond acceptors (Lipinski definition) is 7. The molecular formula is C21H20N2O5. The van der Waals surface area contributed by atoms with Gasteiger partial charge in [0, 0.05) is 17.7 Å². The Balaban J connectivity index is 1.65. The van der Waals surface area contributed by atoms with Gasteiger partial charge in [0.25, 0.3) is 5.89 Å². The van der Waals surface area contributed by atoms with Crippen molar-refractivity contribution in [2.24, 2.45) is 0 Å². The molecule has 1 aromatic heterocycles. The van der Waals surface area contributed by atoms with Gasteiger partial charge < -0.3 is 18.6 Å². The van der Waals surface area contributed by atoms with Gasteiger partial charge in [-0.15, -0.1) is 10.2 Å². The first-order chi connectivity index (χ1) is 13.6. The molecule has 3 aromatic rings. The van der Waals surface area contributed by atoms with Crippen LogP contribution >= 0.6 is 0 Å². The smallest absolute Gasteiger partial charge is 0.331 e. The van der Waals surface area contributed by atoms with Gasteiger partial charge in [-0.25, -0.2) is 4.79 Å². The molecule has 7 heteroatoms. The molecule has 0 aliphatic rings. The number of benzene rings is 2. The fourth-order valence-electron chi connectivity index (χ4n) is 2.45. The minimum atomic E-state index is -0.679. The summed E-state index contributed by atoms with van der Waals surface area (Å²) in [6.45, 7) is 1.67. The fourth-order valence-corrected chi connectivity index (χ4v) is 2.45. The van der Waals surface area contributed by atoms with Crippen LogP contribution in [0, 0.1) is 0 Å². The van der Waals surface area contributed by atoms with E-state index in [1.165, 1.54) is 6.08 Å². The Morgan fingerprint density at radius 1 is 1.04 bits per heavy atom. The fraction of sp³-hybridized carbons (Fsp3) is 0.190. The zero-order valence-corrected chi connectivity index (χ0v) is 15.8. The summed E-state index contributed by atoms with van der Waals surface area (Å²) in [5.41, 5.74) is 1.54. The molecule has 7 nitrogen and oxygen atoms in total. The summed E-state index contributed by atoms with van der Waals surface area (Å²) in [5, 5.41) is 7.95. The minimum absolute atomic E-state index is 0.226. The lowest BCUT2D eigenvalue weighted by Gasteiger charge is -2.07. The van der Waals surface area contributed by atoms with E-state index in [9.17, 15) is 4.79 Å². The second-order valence-electron chi connectivity index (χ2n) is 5.87. The molecule has 0 aliphatic carbocycles. The van der Waals surface area contributed by atoms with Gasteiger partial charge in [0.05, 0.1) is 14.2 Å². The van der Waals surface area contributed by atoms with Crippen molar-refractivity contribution in [1.29, 1.82) is 0 Å². The first-order valence-electron chi connectivity index (χ1n) is 8.59. The standard InChI is InChI=1S/C21H20N2O5/c1-14(20-22-23-21(28-20)16-7-5-4-6-8-16)27-19(24)10-9-15-11-17(25-2)13-18(12-15)26-3/h4-14H,1-3H3/b10-9+/t14-/m0/s1. The van der Waals surface area contributed by atoms with Crippen molar-refractivity contribution in [2.75, 3.05) is 14.2 Å². The number of esters is 1. The SMILES string of the molecule is COc1cc(/C=C/C(=O)O[C@@H](C)c2nnc(-c3ccccc3)o2)cc(OC)c1. The van der Waals surface area contributed by atoms with Gasteiger partial charge in [-0.1, -0.05) is 18.2 Å². The predicted molar refractivity (Wildman–Crippen MR) is 103 cm³/mol. The molecule has 0 unspecified atom stereocenters. The molecule has 0 saturated carbocycles. The molecule has 0 amide bonds. The van der Waals surface area contributed by atoms with Crippen LogP contribution in [0.2, 0.25) is 0 Å². The number of carbonyl (C=O) groups excluding carboxylic acids is 1. The van der Waals surface area contributed by atoms with E-state index in [-0.39, 0.29) is 5.89 Å². The lowest BCUT2D eigenvalue weighted by Crippen LogP contribution is -2.06. The molecule has 0 N–H and O–H groups in total. The average Bonchev–Trinajstić information content (AvgIpc) is 3.23. The number of carbonyl (C=O) groups is 1. The first-order valence-corrected chi connectivity index (χ1v) is 8.59. The number of nitrogens with zero attached hydrogens (tertiary/aromatic N) is 2.